The van der Waals surface area contributed by atoms with Crippen molar-refractivity contribution in [3.63, 3.8) is 0 Å². The molecule has 0 spiro atoms. The molecule has 114 valence electrons. The van der Waals surface area contributed by atoms with Crippen LogP contribution in [-0.4, -0.2) is 32.0 Å². The van der Waals surface area contributed by atoms with E-state index in [0.29, 0.717) is 12.3 Å². The molecule has 0 aromatic heterocycles. The van der Waals surface area contributed by atoms with E-state index in [-0.39, 0.29) is 23.4 Å². The van der Waals surface area contributed by atoms with Crippen LogP contribution in [0.2, 0.25) is 0 Å². The van der Waals surface area contributed by atoms with E-state index in [9.17, 15) is 13.2 Å². The van der Waals surface area contributed by atoms with E-state index >= 15 is 0 Å². The summed E-state index contributed by atoms with van der Waals surface area (Å²) in [6.45, 7) is 0. The standard InChI is InChI=1S/C15H24O4S/c16-15(19-14-7-8-20(17,18)10-14)13-6-5-11-3-1-2-4-12(11)9-13/h11-14H,1-10H2/t11-,12+,13+,14+/m0/s1. The Morgan fingerprint density at radius 1 is 0.950 bits per heavy atom. The molecule has 3 fully saturated rings. The lowest BCUT2D eigenvalue weighted by Gasteiger charge is -2.38. The van der Waals surface area contributed by atoms with Gasteiger partial charge in [0.15, 0.2) is 9.84 Å². The second-order valence-electron chi connectivity index (χ2n) is 6.78. The van der Waals surface area contributed by atoms with E-state index < -0.39 is 15.9 Å². The number of hydrogen-bond donors (Lipinski definition) is 0. The Morgan fingerprint density at radius 2 is 1.70 bits per heavy atom. The van der Waals surface area contributed by atoms with Crippen LogP contribution in [0.15, 0.2) is 0 Å². The molecule has 4 atom stereocenters. The maximum Gasteiger partial charge on any atom is 0.309 e. The summed E-state index contributed by atoms with van der Waals surface area (Å²) in [5.74, 6) is 1.58. The average Bonchev–Trinajstić information content (AvgIpc) is 2.77. The van der Waals surface area contributed by atoms with Crippen LogP contribution in [0.5, 0.6) is 0 Å². The molecule has 0 aromatic rings. The molecular weight excluding hydrogens is 276 g/mol. The highest BCUT2D eigenvalue weighted by molar-refractivity contribution is 7.91. The van der Waals surface area contributed by atoms with Crippen LogP contribution >= 0.6 is 0 Å². The van der Waals surface area contributed by atoms with Gasteiger partial charge in [0.05, 0.1) is 17.4 Å². The lowest BCUT2D eigenvalue weighted by molar-refractivity contribution is -0.155. The first-order valence-corrected chi connectivity index (χ1v) is 9.76. The van der Waals surface area contributed by atoms with Crippen LogP contribution in [0.1, 0.15) is 51.4 Å². The molecule has 0 radical (unpaired) electrons. The van der Waals surface area contributed by atoms with Crippen molar-refractivity contribution >= 4 is 15.8 Å². The fourth-order valence-corrected chi connectivity index (χ4v) is 5.79. The Hall–Kier alpha value is -0.580. The summed E-state index contributed by atoms with van der Waals surface area (Å²) >= 11 is 0. The molecule has 0 N–H and O–H groups in total. The molecule has 2 saturated carbocycles. The molecule has 0 bridgehead atoms. The molecule has 20 heavy (non-hydrogen) atoms. The first kappa shape index (κ1) is 14.4. The van der Waals surface area contributed by atoms with Crippen LogP contribution in [0, 0.1) is 17.8 Å². The summed E-state index contributed by atoms with van der Waals surface area (Å²) in [5, 5.41) is 0. The number of esters is 1. The van der Waals surface area contributed by atoms with Gasteiger partial charge < -0.3 is 4.74 Å². The molecule has 3 rings (SSSR count). The largest absolute Gasteiger partial charge is 0.461 e. The van der Waals surface area contributed by atoms with Gasteiger partial charge in [0.1, 0.15) is 6.10 Å². The third kappa shape index (κ3) is 3.18. The third-order valence-corrected chi connectivity index (χ3v) is 7.08. The molecule has 0 amide bonds. The normalized spacial score (nSPS) is 40.0. The average molecular weight is 300 g/mol. The van der Waals surface area contributed by atoms with Crippen LogP contribution < -0.4 is 0 Å². The van der Waals surface area contributed by atoms with Gasteiger partial charge in [-0.15, -0.1) is 0 Å². The number of carbonyl (C=O) groups excluding carboxylic acids is 1. The number of fused-ring (bicyclic) bond motifs is 1. The lowest BCUT2D eigenvalue weighted by atomic mass is 9.67. The van der Waals surface area contributed by atoms with Crippen molar-refractivity contribution in [1.29, 1.82) is 0 Å². The summed E-state index contributed by atoms with van der Waals surface area (Å²) < 4.78 is 28.2. The quantitative estimate of drug-likeness (QED) is 0.734. The lowest BCUT2D eigenvalue weighted by Crippen LogP contribution is -2.33. The minimum Gasteiger partial charge on any atom is -0.461 e. The van der Waals surface area contributed by atoms with E-state index in [1.165, 1.54) is 25.7 Å². The predicted molar refractivity (Wildman–Crippen MR) is 75.9 cm³/mol. The maximum absolute atomic E-state index is 12.2. The third-order valence-electron chi connectivity index (χ3n) is 5.35. The monoisotopic (exact) mass is 300 g/mol. The molecule has 1 aliphatic heterocycles. The number of sulfone groups is 1. The SMILES string of the molecule is O=C(O[C@@H]1CCS(=O)(=O)C1)[C@@H]1CC[C@@H]2CCCC[C@@H]2C1. The minimum atomic E-state index is -2.97. The second kappa shape index (κ2) is 5.66. The van der Waals surface area contributed by atoms with Crippen molar-refractivity contribution in [3.8, 4) is 0 Å². The highest BCUT2D eigenvalue weighted by Gasteiger charge is 2.38. The first-order chi connectivity index (χ1) is 9.53. The van der Waals surface area contributed by atoms with Crippen molar-refractivity contribution in [1.82, 2.24) is 0 Å². The number of carbonyl (C=O) groups is 1. The highest BCUT2D eigenvalue weighted by Crippen LogP contribution is 2.43. The molecule has 5 heteroatoms. The van der Waals surface area contributed by atoms with E-state index in [2.05, 4.69) is 0 Å². The Labute approximate surface area is 121 Å². The Morgan fingerprint density at radius 3 is 2.40 bits per heavy atom. The van der Waals surface area contributed by atoms with Crippen LogP contribution in [0.3, 0.4) is 0 Å². The predicted octanol–water partition coefficient (Wildman–Crippen LogP) is 2.32. The van der Waals surface area contributed by atoms with E-state index in [4.69, 9.17) is 4.74 Å². The summed E-state index contributed by atoms with van der Waals surface area (Å²) in [4.78, 5) is 12.2. The highest BCUT2D eigenvalue weighted by atomic mass is 32.2. The van der Waals surface area contributed by atoms with Gasteiger partial charge in [0, 0.05) is 0 Å². The van der Waals surface area contributed by atoms with E-state index in [0.717, 1.165) is 25.2 Å². The van der Waals surface area contributed by atoms with Crippen molar-refractivity contribution in [2.24, 2.45) is 17.8 Å². The van der Waals surface area contributed by atoms with Gasteiger partial charge in [0.2, 0.25) is 0 Å². The fourth-order valence-electron chi connectivity index (χ4n) is 4.20. The first-order valence-electron chi connectivity index (χ1n) is 7.94. The van der Waals surface area contributed by atoms with Crippen molar-refractivity contribution < 1.29 is 17.9 Å². The molecule has 2 aliphatic carbocycles. The van der Waals surface area contributed by atoms with Gasteiger partial charge in [-0.3, -0.25) is 4.79 Å². The van der Waals surface area contributed by atoms with Crippen molar-refractivity contribution in [3.05, 3.63) is 0 Å². The zero-order chi connectivity index (χ0) is 14.2. The van der Waals surface area contributed by atoms with Crippen LogP contribution in [-0.2, 0) is 19.4 Å². The second-order valence-corrected chi connectivity index (χ2v) is 9.01. The molecule has 4 nitrogen and oxygen atoms in total. The van der Waals surface area contributed by atoms with E-state index in [1.54, 1.807) is 0 Å². The van der Waals surface area contributed by atoms with Crippen molar-refractivity contribution in [2.75, 3.05) is 11.5 Å². The van der Waals surface area contributed by atoms with Gasteiger partial charge in [-0.2, -0.15) is 0 Å². The van der Waals surface area contributed by atoms with E-state index in [1.807, 2.05) is 0 Å². The molecule has 1 saturated heterocycles. The summed E-state index contributed by atoms with van der Waals surface area (Å²) in [6, 6.07) is 0. The Balaban J connectivity index is 1.53. The zero-order valence-electron chi connectivity index (χ0n) is 11.9. The molecule has 1 heterocycles. The van der Waals surface area contributed by atoms with Crippen LogP contribution in [0.25, 0.3) is 0 Å². The summed E-state index contributed by atoms with van der Waals surface area (Å²) in [7, 11) is -2.97. The van der Waals surface area contributed by atoms with Gasteiger partial charge in [-0.05, 0) is 37.5 Å². The Kier molecular flexibility index (Phi) is 4.07. The van der Waals surface area contributed by atoms with Gasteiger partial charge in [-0.25, -0.2) is 8.42 Å². The summed E-state index contributed by atoms with van der Waals surface area (Å²) in [5.41, 5.74) is 0. The Bertz CT molecular complexity index is 470. The van der Waals surface area contributed by atoms with Gasteiger partial charge in [-0.1, -0.05) is 25.7 Å². The maximum atomic E-state index is 12.2. The van der Waals surface area contributed by atoms with Gasteiger partial charge >= 0.3 is 5.97 Å². The number of hydrogen-bond acceptors (Lipinski definition) is 4. The van der Waals surface area contributed by atoms with Crippen molar-refractivity contribution in [2.45, 2.75) is 57.5 Å². The van der Waals surface area contributed by atoms with Gasteiger partial charge in [0.25, 0.3) is 0 Å². The zero-order valence-corrected chi connectivity index (χ0v) is 12.7. The number of ether oxygens (including phenoxy) is 1. The minimum absolute atomic E-state index is 0.0117. The van der Waals surface area contributed by atoms with Crippen LogP contribution in [0.4, 0.5) is 0 Å². The molecular formula is C15H24O4S. The topological polar surface area (TPSA) is 60.4 Å². The number of rotatable bonds is 2. The molecule has 3 aliphatic rings. The smallest absolute Gasteiger partial charge is 0.309 e. The summed E-state index contributed by atoms with van der Waals surface area (Å²) in [6.07, 6.45) is 8.35. The molecule has 0 unspecified atom stereocenters. The fraction of sp³-hybridized carbons (Fsp3) is 0.933. The molecule has 0 aromatic carbocycles.